The number of hydrogen-bond acceptors (Lipinski definition) is 5. The average Bonchev–Trinajstić information content (AvgIpc) is 2.85. The van der Waals surface area contributed by atoms with Crippen LogP contribution in [-0.4, -0.2) is 41.0 Å². The monoisotopic (exact) mass is 337 g/mol. The molecule has 1 aliphatic heterocycles. The predicted molar refractivity (Wildman–Crippen MR) is 77.6 cm³/mol. The number of nitrogens with one attached hydrogen (secondary N) is 1. The van der Waals surface area contributed by atoms with E-state index in [9.17, 15) is 14.2 Å². The molecular weight excluding hydrogens is 321 g/mol. The van der Waals surface area contributed by atoms with Crippen LogP contribution in [0.15, 0.2) is 21.9 Å². The molecule has 2 heterocycles. The quantitative estimate of drug-likeness (QED) is 0.810. The molecule has 0 aliphatic carbocycles. The molecule has 0 aromatic carbocycles. The van der Waals surface area contributed by atoms with Crippen LogP contribution >= 0.6 is 18.1 Å². The van der Waals surface area contributed by atoms with Crippen LogP contribution < -0.4 is 11.2 Å². The molecule has 1 fully saturated rings. The Labute approximate surface area is 125 Å². The van der Waals surface area contributed by atoms with Crippen molar-refractivity contribution < 1.29 is 13.8 Å². The maximum atomic E-state index is 11.8. The number of H-pyrrole nitrogens is 1. The summed E-state index contributed by atoms with van der Waals surface area (Å²) < 4.78 is 25.3. The van der Waals surface area contributed by atoms with Crippen LogP contribution in [0.2, 0.25) is 0 Å². The number of halogens is 1. The first-order valence-corrected chi connectivity index (χ1v) is 8.87. The van der Waals surface area contributed by atoms with Gasteiger partial charge in [-0.3, -0.25) is 18.9 Å². The molecule has 8 nitrogen and oxygen atoms in total. The minimum Gasteiger partial charge on any atom is -0.352 e. The van der Waals surface area contributed by atoms with Crippen molar-refractivity contribution in [2.45, 2.75) is 25.2 Å². The molecule has 1 aromatic rings. The molecule has 1 N–H and O–H groups in total. The summed E-state index contributed by atoms with van der Waals surface area (Å²) >= 11 is 5.75. The van der Waals surface area contributed by atoms with Crippen LogP contribution in [-0.2, 0) is 13.8 Å². The van der Waals surface area contributed by atoms with E-state index in [0.717, 1.165) is 0 Å². The van der Waals surface area contributed by atoms with Crippen molar-refractivity contribution in [3.05, 3.63) is 33.1 Å². The van der Waals surface area contributed by atoms with Gasteiger partial charge in [-0.15, -0.1) is 0 Å². The standard InChI is InChI=1S/C11H17ClN3O5P/c1-14(2)21(12,18)19-7-8-3-4-10(20-8)15-6-5-9(16)13-11(15)17/h5-6,8,10H,3-4,7H2,1-2H3,(H,13,16,17)/t8?,10-,21?/m1/s1. The van der Waals surface area contributed by atoms with Crippen molar-refractivity contribution >= 4 is 18.1 Å². The molecule has 1 aromatic heterocycles. The SMILES string of the molecule is CN(C)P(=O)(Cl)OCC1CC[C@H](n2ccc(=O)[nH]c2=O)O1. The second kappa shape index (κ2) is 6.46. The Morgan fingerprint density at radius 3 is 2.86 bits per heavy atom. The molecule has 1 saturated heterocycles. The maximum Gasteiger partial charge on any atom is 0.362 e. The van der Waals surface area contributed by atoms with E-state index >= 15 is 0 Å². The summed E-state index contributed by atoms with van der Waals surface area (Å²) in [6, 6.07) is 1.26. The van der Waals surface area contributed by atoms with E-state index in [-0.39, 0.29) is 12.7 Å². The van der Waals surface area contributed by atoms with E-state index in [1.54, 1.807) is 14.1 Å². The highest BCUT2D eigenvalue weighted by atomic mass is 35.7. The van der Waals surface area contributed by atoms with E-state index in [1.165, 1.54) is 21.5 Å². The molecular formula is C11H17ClN3O5P. The molecule has 2 unspecified atom stereocenters. The molecule has 3 atom stereocenters. The molecule has 0 spiro atoms. The average molecular weight is 338 g/mol. The third-order valence-electron chi connectivity index (χ3n) is 3.14. The molecule has 2 rings (SSSR count). The van der Waals surface area contributed by atoms with E-state index in [0.29, 0.717) is 12.8 Å². The summed E-state index contributed by atoms with van der Waals surface area (Å²) in [5, 5.41) is 0. The summed E-state index contributed by atoms with van der Waals surface area (Å²) in [6.07, 6.45) is 1.84. The summed E-state index contributed by atoms with van der Waals surface area (Å²) in [6.45, 7) is -3.24. The van der Waals surface area contributed by atoms with Crippen LogP contribution in [0.1, 0.15) is 19.1 Å². The van der Waals surface area contributed by atoms with Crippen LogP contribution in [0.5, 0.6) is 0 Å². The molecule has 1 aliphatic rings. The van der Waals surface area contributed by atoms with Gasteiger partial charge in [0.1, 0.15) is 6.23 Å². The molecule has 118 valence electrons. The van der Waals surface area contributed by atoms with Crippen molar-refractivity contribution in [1.82, 2.24) is 14.2 Å². The van der Waals surface area contributed by atoms with E-state index in [2.05, 4.69) is 4.98 Å². The molecule has 0 saturated carbocycles. The summed E-state index contributed by atoms with van der Waals surface area (Å²) in [5.74, 6) is 0. The number of aromatic nitrogens is 2. The van der Waals surface area contributed by atoms with Gasteiger partial charge >= 0.3 is 12.6 Å². The molecule has 0 radical (unpaired) electrons. The highest BCUT2D eigenvalue weighted by molar-refractivity contribution is 7.83. The van der Waals surface area contributed by atoms with Crippen molar-refractivity contribution in [3.8, 4) is 0 Å². The topological polar surface area (TPSA) is 93.6 Å². The smallest absolute Gasteiger partial charge is 0.352 e. The Hall–Kier alpha value is -0.920. The first-order valence-electron chi connectivity index (χ1n) is 6.38. The number of rotatable bonds is 5. The van der Waals surface area contributed by atoms with Crippen LogP contribution in [0, 0.1) is 0 Å². The predicted octanol–water partition coefficient (Wildman–Crippen LogP) is 1.14. The highest BCUT2D eigenvalue weighted by Gasteiger charge is 2.31. The second-order valence-corrected chi connectivity index (χ2v) is 8.14. The van der Waals surface area contributed by atoms with Gasteiger partial charge in [0, 0.05) is 12.3 Å². The Bertz CT molecular complexity index is 658. The fourth-order valence-corrected chi connectivity index (χ4v) is 2.71. The van der Waals surface area contributed by atoms with Crippen LogP contribution in [0.3, 0.4) is 0 Å². The second-order valence-electron chi connectivity index (χ2n) is 4.90. The lowest BCUT2D eigenvalue weighted by Crippen LogP contribution is -2.31. The van der Waals surface area contributed by atoms with Crippen molar-refractivity contribution in [3.63, 3.8) is 0 Å². The third-order valence-corrected chi connectivity index (χ3v) is 5.77. The van der Waals surface area contributed by atoms with Gasteiger partial charge in [-0.1, -0.05) is 0 Å². The van der Waals surface area contributed by atoms with Crippen molar-refractivity contribution in [2.24, 2.45) is 0 Å². The molecule has 0 amide bonds. The van der Waals surface area contributed by atoms with Gasteiger partial charge in [0.25, 0.3) is 5.56 Å². The van der Waals surface area contributed by atoms with Gasteiger partial charge in [0.2, 0.25) is 0 Å². The molecule has 10 heteroatoms. The fourth-order valence-electron chi connectivity index (χ4n) is 1.96. The van der Waals surface area contributed by atoms with Crippen molar-refractivity contribution in [1.29, 1.82) is 0 Å². The van der Waals surface area contributed by atoms with Gasteiger partial charge in [-0.2, -0.15) is 0 Å². The van der Waals surface area contributed by atoms with E-state index < -0.39 is 24.3 Å². The van der Waals surface area contributed by atoms with Gasteiger partial charge in [0.05, 0.1) is 12.7 Å². The number of ether oxygens (including phenoxy) is 1. The highest BCUT2D eigenvalue weighted by Crippen LogP contribution is 2.54. The van der Waals surface area contributed by atoms with Crippen LogP contribution in [0.4, 0.5) is 0 Å². The zero-order chi connectivity index (χ0) is 15.6. The third kappa shape index (κ3) is 4.05. The maximum absolute atomic E-state index is 11.8. The molecule has 21 heavy (non-hydrogen) atoms. The van der Waals surface area contributed by atoms with Gasteiger partial charge < -0.3 is 9.26 Å². The normalized spacial score (nSPS) is 25.1. The lowest BCUT2D eigenvalue weighted by molar-refractivity contribution is -0.0200. The van der Waals surface area contributed by atoms with Crippen LogP contribution in [0.25, 0.3) is 0 Å². The van der Waals surface area contributed by atoms with Gasteiger partial charge in [-0.05, 0) is 38.2 Å². The van der Waals surface area contributed by atoms with Gasteiger partial charge in [0.15, 0.2) is 0 Å². The van der Waals surface area contributed by atoms with Gasteiger partial charge in [-0.25, -0.2) is 9.46 Å². The number of aromatic amines is 1. The first kappa shape index (κ1) is 16.5. The minimum atomic E-state index is -3.32. The minimum absolute atomic E-state index is 0.0769. The Morgan fingerprint density at radius 1 is 1.52 bits per heavy atom. The van der Waals surface area contributed by atoms with E-state index in [4.69, 9.17) is 20.5 Å². The lowest BCUT2D eigenvalue weighted by Gasteiger charge is -2.20. The Kier molecular flexibility index (Phi) is 5.06. The number of hydrogen-bond donors (Lipinski definition) is 1. The lowest BCUT2D eigenvalue weighted by atomic mass is 10.2. The van der Waals surface area contributed by atoms with Crippen molar-refractivity contribution in [2.75, 3.05) is 20.7 Å². The summed E-state index contributed by atoms with van der Waals surface area (Å²) in [5.41, 5.74) is -0.978. The summed E-state index contributed by atoms with van der Waals surface area (Å²) in [4.78, 5) is 24.9. The van der Waals surface area contributed by atoms with E-state index in [1.807, 2.05) is 0 Å². The zero-order valence-corrected chi connectivity index (χ0v) is 13.3. The number of nitrogens with zero attached hydrogens (tertiary/aromatic N) is 2. The first-order chi connectivity index (χ1) is 9.79. The Balaban J connectivity index is 1.96. The molecule has 0 bridgehead atoms. The largest absolute Gasteiger partial charge is 0.362 e. The fraction of sp³-hybridized carbons (Fsp3) is 0.636. The summed E-state index contributed by atoms with van der Waals surface area (Å²) in [7, 11) is 3.12. The zero-order valence-electron chi connectivity index (χ0n) is 11.7. The Morgan fingerprint density at radius 2 is 2.24 bits per heavy atom.